The number of rotatable bonds is 3. The molecule has 0 spiro atoms. The molecule has 0 saturated heterocycles. The van der Waals surface area contributed by atoms with Gasteiger partial charge < -0.3 is 13.3 Å². The first-order chi connectivity index (χ1) is 4.57. The fourth-order valence-corrected chi connectivity index (χ4v) is 0.786. The van der Waals surface area contributed by atoms with Gasteiger partial charge in [0.1, 0.15) is 10.4 Å². The monoisotopic (exact) mass is 227 g/mol. The van der Waals surface area contributed by atoms with E-state index in [1.165, 1.54) is 0 Å². The van der Waals surface area contributed by atoms with E-state index in [1.807, 2.05) is 0 Å². The summed E-state index contributed by atoms with van der Waals surface area (Å²) in [6.45, 7) is 1.76. The fraction of sp³-hybridized carbons (Fsp3) is 0.600. The van der Waals surface area contributed by atoms with Crippen LogP contribution in [0.25, 0.3) is 0 Å². The molecule has 0 amide bonds. The van der Waals surface area contributed by atoms with Crippen molar-refractivity contribution in [3.8, 4) is 0 Å². The molecular formula is C5H11NNa2O2S2. The molecule has 7 heteroatoms. The molecule has 0 radical (unpaired) electrons. The molecule has 1 unspecified atom stereocenters. The van der Waals surface area contributed by atoms with Crippen molar-refractivity contribution in [2.75, 3.05) is 0 Å². The number of carboxylic acids is 1. The number of hydrogen-bond acceptors (Lipinski definition) is 2. The van der Waals surface area contributed by atoms with Crippen LogP contribution in [0.1, 0.15) is 16.2 Å². The van der Waals surface area contributed by atoms with Gasteiger partial charge in [0.25, 0.3) is 0 Å². The van der Waals surface area contributed by atoms with Gasteiger partial charge in [-0.3, -0.25) is 0 Å². The molecular weight excluding hydrogens is 216 g/mol. The number of nitrogens with one attached hydrogen (secondary N) is 1. The summed E-state index contributed by atoms with van der Waals surface area (Å²) < 4.78 is 0.217. The van der Waals surface area contributed by atoms with Gasteiger partial charge in [-0.15, -0.1) is 12.6 Å². The van der Waals surface area contributed by atoms with E-state index in [1.54, 1.807) is 6.92 Å². The van der Waals surface area contributed by atoms with Gasteiger partial charge in [0.2, 0.25) is 0 Å². The minimum Gasteiger partial charge on any atom is -1.00 e. The molecule has 0 aliphatic rings. The van der Waals surface area contributed by atoms with Crippen LogP contribution >= 0.6 is 24.8 Å². The van der Waals surface area contributed by atoms with E-state index in [9.17, 15) is 4.79 Å². The minimum atomic E-state index is -0.904. The van der Waals surface area contributed by atoms with Crippen LogP contribution in [0.2, 0.25) is 0 Å². The van der Waals surface area contributed by atoms with E-state index in [2.05, 4.69) is 30.2 Å². The molecule has 2 N–H and O–H groups in total. The van der Waals surface area contributed by atoms with E-state index in [4.69, 9.17) is 5.11 Å². The summed E-state index contributed by atoms with van der Waals surface area (Å²) in [6.07, 6.45) is 0.496. The summed E-state index contributed by atoms with van der Waals surface area (Å²) in [4.78, 5) is 10.3. The molecule has 0 fully saturated rings. The number of aliphatic carboxylic acids is 1. The Morgan fingerprint density at radius 1 is 1.75 bits per heavy atom. The Balaban J connectivity index is -0.0000000675. The Bertz CT molecular complexity index is 165. The van der Waals surface area contributed by atoms with Crippen molar-refractivity contribution in [2.45, 2.75) is 19.4 Å². The van der Waals surface area contributed by atoms with Crippen LogP contribution in [0.3, 0.4) is 0 Å². The van der Waals surface area contributed by atoms with E-state index >= 15 is 0 Å². The van der Waals surface area contributed by atoms with Crippen LogP contribution in [-0.2, 0) is 4.79 Å². The molecule has 0 saturated carbocycles. The summed E-state index contributed by atoms with van der Waals surface area (Å²) in [5.74, 6) is -0.904. The molecule has 12 heavy (non-hydrogen) atoms. The Labute approximate surface area is 130 Å². The van der Waals surface area contributed by atoms with Crippen molar-refractivity contribution < 1.29 is 71.9 Å². The second-order valence-electron chi connectivity index (χ2n) is 1.75. The maximum atomic E-state index is 10.3. The molecule has 0 bridgehead atoms. The molecule has 62 valence electrons. The predicted molar refractivity (Wildman–Crippen MR) is 48.7 cm³/mol. The number of carboxylic acid groups (broad SMARTS) is 1. The van der Waals surface area contributed by atoms with E-state index < -0.39 is 12.0 Å². The predicted octanol–water partition coefficient (Wildman–Crippen LogP) is -5.11. The first kappa shape index (κ1) is 19.3. The minimum absolute atomic E-state index is 0. The van der Waals surface area contributed by atoms with Crippen molar-refractivity contribution in [3.05, 3.63) is 0 Å². The van der Waals surface area contributed by atoms with Gasteiger partial charge in [-0.2, -0.15) is 0 Å². The SMILES string of the molecule is CCC(NC(=S)S)C(=O)O.[H-].[H-].[Na+].[Na+]. The molecule has 0 aromatic carbocycles. The molecule has 0 aliphatic heterocycles. The van der Waals surface area contributed by atoms with Gasteiger partial charge in [-0.25, -0.2) is 4.79 Å². The van der Waals surface area contributed by atoms with Crippen molar-refractivity contribution in [2.24, 2.45) is 0 Å². The zero-order valence-electron chi connectivity index (χ0n) is 9.50. The quantitative estimate of drug-likeness (QED) is 0.256. The Hall–Kier alpha value is 1.71. The van der Waals surface area contributed by atoms with Crippen LogP contribution < -0.4 is 64.4 Å². The molecule has 0 aromatic heterocycles. The number of carbonyl (C=O) groups is 1. The van der Waals surface area contributed by atoms with Crippen LogP contribution in [0, 0.1) is 0 Å². The number of hydrogen-bond donors (Lipinski definition) is 3. The molecule has 0 aliphatic carbocycles. The maximum absolute atomic E-state index is 10.3. The third-order valence-electron chi connectivity index (χ3n) is 1.00. The van der Waals surface area contributed by atoms with Crippen molar-refractivity contribution >= 4 is 35.1 Å². The molecule has 3 nitrogen and oxygen atoms in total. The van der Waals surface area contributed by atoms with Gasteiger partial charge in [0.05, 0.1) is 0 Å². The zero-order chi connectivity index (χ0) is 8.15. The van der Waals surface area contributed by atoms with Crippen LogP contribution in [-0.4, -0.2) is 21.4 Å². The second-order valence-corrected chi connectivity index (χ2v) is 2.91. The normalized spacial score (nSPS) is 10.2. The van der Waals surface area contributed by atoms with Crippen molar-refractivity contribution in [3.63, 3.8) is 0 Å². The first-order valence-electron chi connectivity index (χ1n) is 2.80. The summed E-state index contributed by atoms with van der Waals surface area (Å²) in [5.41, 5.74) is 0. The first-order valence-corrected chi connectivity index (χ1v) is 3.65. The third kappa shape index (κ3) is 9.80. The summed E-state index contributed by atoms with van der Waals surface area (Å²) in [7, 11) is 0. The average molecular weight is 227 g/mol. The Morgan fingerprint density at radius 2 is 2.17 bits per heavy atom. The topological polar surface area (TPSA) is 49.3 Å². The van der Waals surface area contributed by atoms with Gasteiger partial charge in [0.15, 0.2) is 0 Å². The molecule has 1 atom stereocenters. The fourth-order valence-electron chi connectivity index (χ4n) is 0.487. The molecule has 0 aromatic rings. The van der Waals surface area contributed by atoms with Gasteiger partial charge in [-0.1, -0.05) is 19.1 Å². The van der Waals surface area contributed by atoms with Gasteiger partial charge in [0, 0.05) is 0 Å². The summed E-state index contributed by atoms with van der Waals surface area (Å²) in [5, 5.41) is 11.0. The number of thiocarbonyl (C=S) groups is 1. The van der Waals surface area contributed by atoms with Crippen molar-refractivity contribution in [1.82, 2.24) is 5.32 Å². The Morgan fingerprint density at radius 3 is 2.25 bits per heavy atom. The zero-order valence-corrected chi connectivity index (χ0v) is 13.2. The number of thiol groups is 1. The Kier molecular flexibility index (Phi) is 17.4. The van der Waals surface area contributed by atoms with Crippen LogP contribution in [0.5, 0.6) is 0 Å². The van der Waals surface area contributed by atoms with Crippen molar-refractivity contribution in [1.29, 1.82) is 0 Å². The summed E-state index contributed by atoms with van der Waals surface area (Å²) in [6, 6.07) is -0.606. The second kappa shape index (κ2) is 10.8. The molecule has 0 heterocycles. The van der Waals surface area contributed by atoms with E-state index in [-0.39, 0.29) is 66.3 Å². The maximum Gasteiger partial charge on any atom is 1.00 e. The third-order valence-corrected chi connectivity index (χ3v) is 1.25. The van der Waals surface area contributed by atoms with Crippen LogP contribution in [0.4, 0.5) is 0 Å². The van der Waals surface area contributed by atoms with Gasteiger partial charge in [-0.05, 0) is 6.42 Å². The van der Waals surface area contributed by atoms with Gasteiger partial charge >= 0.3 is 65.1 Å². The van der Waals surface area contributed by atoms with E-state index in [0.29, 0.717) is 6.42 Å². The average Bonchev–Trinajstić information content (AvgIpc) is 1.81. The smallest absolute Gasteiger partial charge is 1.00 e. The standard InChI is InChI=1S/C5H9NO2S2.2Na.2H/c1-2-3(4(7)8)6-5(9)10;;;;/h3H,2H2,1H3,(H,7,8)(H2,6,9,10);;;;/q;2*+1;2*-1. The molecule has 0 rings (SSSR count). The van der Waals surface area contributed by atoms with Crippen LogP contribution in [0.15, 0.2) is 0 Å². The largest absolute Gasteiger partial charge is 1.00 e. The van der Waals surface area contributed by atoms with E-state index in [0.717, 1.165) is 0 Å². The summed E-state index contributed by atoms with van der Waals surface area (Å²) >= 11 is 8.29.